The van der Waals surface area contributed by atoms with Crippen LogP contribution in [-0.4, -0.2) is 112 Å². The molecule has 4 amide bonds. The predicted octanol–water partition coefficient (Wildman–Crippen LogP) is 6.00. The molecule has 0 radical (unpaired) electrons. The molecule has 0 aliphatic carbocycles. The van der Waals surface area contributed by atoms with Crippen molar-refractivity contribution in [1.82, 2.24) is 29.4 Å². The van der Waals surface area contributed by atoms with Gasteiger partial charge in [0.1, 0.15) is 52.4 Å². The first-order valence-electron chi connectivity index (χ1n) is 19.2. The highest BCUT2D eigenvalue weighted by atomic mass is 19.1. The van der Waals surface area contributed by atoms with Gasteiger partial charge in [-0.3, -0.25) is 19.3 Å². The van der Waals surface area contributed by atoms with Gasteiger partial charge in [0.2, 0.25) is 11.8 Å². The summed E-state index contributed by atoms with van der Waals surface area (Å²) >= 11 is 0. The fourth-order valence-corrected chi connectivity index (χ4v) is 6.64. The topological polar surface area (TPSA) is 135 Å². The average molecular weight is 787 g/mol. The Morgan fingerprint density at radius 2 is 1.63 bits per heavy atom. The van der Waals surface area contributed by atoms with Crippen LogP contribution in [0, 0.1) is 11.2 Å². The van der Waals surface area contributed by atoms with Gasteiger partial charge in [-0.2, -0.15) is 0 Å². The minimum atomic E-state index is -1.01. The summed E-state index contributed by atoms with van der Waals surface area (Å²) in [6.45, 7) is 12.9. The molecule has 306 valence electrons. The Bertz CT molecular complexity index is 1990. The van der Waals surface area contributed by atoms with E-state index in [0.717, 1.165) is 5.56 Å². The number of likely N-dealkylation sites (N-methyl/N-ethyl adjacent to an activating group) is 1. The Hall–Kier alpha value is -5.66. The number of imidazole rings is 1. The van der Waals surface area contributed by atoms with Crippen LogP contribution in [0.5, 0.6) is 11.5 Å². The summed E-state index contributed by atoms with van der Waals surface area (Å²) in [5, 5.41) is 2.94. The van der Waals surface area contributed by atoms with Crippen LogP contribution >= 0.6 is 0 Å². The molecular formula is C43H55FN6O7. The van der Waals surface area contributed by atoms with E-state index < -0.39 is 47.2 Å². The van der Waals surface area contributed by atoms with E-state index in [1.54, 1.807) is 91.6 Å². The van der Waals surface area contributed by atoms with Gasteiger partial charge in [0.25, 0.3) is 5.91 Å². The zero-order valence-corrected chi connectivity index (χ0v) is 34.3. The van der Waals surface area contributed by atoms with Gasteiger partial charge < -0.3 is 33.7 Å². The van der Waals surface area contributed by atoms with Crippen LogP contribution in [0.4, 0.5) is 9.18 Å². The normalized spacial score (nSPS) is 16.8. The van der Waals surface area contributed by atoms with Gasteiger partial charge >= 0.3 is 6.09 Å². The third-order valence-electron chi connectivity index (χ3n) is 9.95. The van der Waals surface area contributed by atoms with Crippen molar-refractivity contribution in [3.63, 3.8) is 0 Å². The minimum absolute atomic E-state index is 0.130. The maximum atomic E-state index is 14.9. The Kier molecular flexibility index (Phi) is 13.2. The Labute approximate surface area is 334 Å². The molecule has 4 aromatic rings. The Balaban J connectivity index is 1.45. The Morgan fingerprint density at radius 3 is 2.25 bits per heavy atom. The van der Waals surface area contributed by atoms with Crippen molar-refractivity contribution < 1.29 is 37.8 Å². The summed E-state index contributed by atoms with van der Waals surface area (Å²) in [6.07, 6.45) is 3.17. The van der Waals surface area contributed by atoms with Crippen LogP contribution in [0.3, 0.4) is 0 Å². The summed E-state index contributed by atoms with van der Waals surface area (Å²) < 4.78 is 32.8. The molecular weight excluding hydrogens is 732 g/mol. The highest BCUT2D eigenvalue weighted by Gasteiger charge is 2.45. The van der Waals surface area contributed by atoms with E-state index in [2.05, 4.69) is 10.3 Å². The number of halogens is 1. The minimum Gasteiger partial charge on any atom is -0.497 e. The second kappa shape index (κ2) is 17.6. The number of fused-ring (bicyclic) bond motifs is 1. The van der Waals surface area contributed by atoms with Gasteiger partial charge in [0.05, 0.1) is 19.7 Å². The molecule has 1 aliphatic heterocycles. The number of rotatable bonds is 13. The van der Waals surface area contributed by atoms with E-state index in [1.165, 1.54) is 24.1 Å². The van der Waals surface area contributed by atoms with Crippen molar-refractivity contribution in [3.8, 4) is 11.5 Å². The quantitative estimate of drug-likeness (QED) is 0.175. The lowest BCUT2D eigenvalue weighted by Crippen LogP contribution is -2.60. The number of benzene rings is 2. The summed E-state index contributed by atoms with van der Waals surface area (Å²) in [4.78, 5) is 65.0. The first kappa shape index (κ1) is 42.5. The summed E-state index contributed by atoms with van der Waals surface area (Å²) in [5.41, 5.74) is 0.168. The third kappa shape index (κ3) is 11.0. The summed E-state index contributed by atoms with van der Waals surface area (Å²) in [7, 11) is 3.06. The number of ether oxygens (including phenoxy) is 3. The van der Waals surface area contributed by atoms with E-state index in [4.69, 9.17) is 14.2 Å². The first-order chi connectivity index (χ1) is 26.8. The molecule has 1 saturated heterocycles. The summed E-state index contributed by atoms with van der Waals surface area (Å²) in [5.74, 6) is -0.310. The standard InChI is InChI=1S/C43H55FN6O7/c1-28(47(8)41(54)57-43(5,6)7)38(51)46-37(42(2,3)4)40(53)50-26-34(56-33-19-17-32(55-9)18-20-33)24-31(50)25-49(23-21-29-13-15-30(44)16-14-29)39(52)35-27-48-22-11-10-12-36(48)45-35/h10-20,22,27-28,31,34,37H,21,23-26H2,1-9H3,(H,46,51). The monoisotopic (exact) mass is 786 g/mol. The number of nitrogens with zero attached hydrogens (tertiary/aromatic N) is 5. The van der Waals surface area contributed by atoms with E-state index in [-0.39, 0.29) is 43.0 Å². The van der Waals surface area contributed by atoms with Gasteiger partial charge in [-0.15, -0.1) is 0 Å². The molecule has 0 spiro atoms. The van der Waals surface area contributed by atoms with Gasteiger partial charge in [-0.25, -0.2) is 14.2 Å². The second-order valence-corrected chi connectivity index (χ2v) is 16.6. The molecule has 0 saturated carbocycles. The predicted molar refractivity (Wildman–Crippen MR) is 214 cm³/mol. The van der Waals surface area contributed by atoms with Crippen molar-refractivity contribution in [3.05, 3.63) is 96.2 Å². The van der Waals surface area contributed by atoms with E-state index >= 15 is 0 Å². The molecule has 57 heavy (non-hydrogen) atoms. The van der Waals surface area contributed by atoms with Gasteiger partial charge in [0, 0.05) is 39.0 Å². The molecule has 4 atom stereocenters. The largest absolute Gasteiger partial charge is 0.497 e. The van der Waals surface area contributed by atoms with Crippen LogP contribution < -0.4 is 14.8 Å². The number of hydrogen-bond donors (Lipinski definition) is 1. The van der Waals surface area contributed by atoms with Crippen LogP contribution in [0.1, 0.15) is 70.9 Å². The number of likely N-dealkylation sites (tertiary alicyclic amines) is 1. The van der Waals surface area contributed by atoms with E-state index in [9.17, 15) is 23.6 Å². The van der Waals surface area contributed by atoms with Crippen LogP contribution in [0.2, 0.25) is 0 Å². The number of pyridine rings is 1. The smallest absolute Gasteiger partial charge is 0.410 e. The maximum Gasteiger partial charge on any atom is 0.410 e. The molecule has 1 N–H and O–H groups in total. The van der Waals surface area contributed by atoms with Crippen LogP contribution in [-0.2, 0) is 20.7 Å². The molecule has 0 bridgehead atoms. The van der Waals surface area contributed by atoms with E-state index in [0.29, 0.717) is 30.0 Å². The van der Waals surface area contributed by atoms with Gasteiger partial charge in [0.15, 0.2) is 0 Å². The Morgan fingerprint density at radius 1 is 0.965 bits per heavy atom. The number of aromatic nitrogens is 2. The second-order valence-electron chi connectivity index (χ2n) is 16.6. The lowest BCUT2D eigenvalue weighted by atomic mass is 9.85. The highest BCUT2D eigenvalue weighted by molar-refractivity contribution is 5.93. The summed E-state index contributed by atoms with van der Waals surface area (Å²) in [6, 6.07) is 16.3. The van der Waals surface area contributed by atoms with Gasteiger partial charge in [-0.1, -0.05) is 39.0 Å². The fourth-order valence-electron chi connectivity index (χ4n) is 6.64. The number of hydrogen-bond acceptors (Lipinski definition) is 8. The van der Waals surface area contributed by atoms with Crippen molar-refractivity contribution in [1.29, 1.82) is 0 Å². The number of nitrogens with one attached hydrogen (secondary N) is 1. The van der Waals surface area contributed by atoms with Crippen molar-refractivity contribution in [2.45, 2.75) is 91.1 Å². The zero-order chi connectivity index (χ0) is 41.7. The van der Waals surface area contributed by atoms with Crippen LogP contribution in [0.25, 0.3) is 5.65 Å². The van der Waals surface area contributed by atoms with Crippen molar-refractivity contribution in [2.24, 2.45) is 5.41 Å². The van der Waals surface area contributed by atoms with E-state index in [1.807, 2.05) is 45.2 Å². The number of carbonyl (C=O) groups excluding carboxylic acids is 4. The maximum absolute atomic E-state index is 14.9. The number of amides is 4. The highest BCUT2D eigenvalue weighted by Crippen LogP contribution is 2.30. The molecule has 13 nitrogen and oxygen atoms in total. The number of carbonyl (C=O) groups is 4. The molecule has 4 unspecified atom stereocenters. The lowest BCUT2D eigenvalue weighted by Gasteiger charge is -2.38. The molecule has 2 aromatic heterocycles. The van der Waals surface area contributed by atoms with Crippen molar-refractivity contribution in [2.75, 3.05) is 33.8 Å². The van der Waals surface area contributed by atoms with Gasteiger partial charge in [-0.05, 0) is 93.6 Å². The molecule has 3 heterocycles. The zero-order valence-electron chi connectivity index (χ0n) is 34.3. The molecule has 14 heteroatoms. The molecule has 1 fully saturated rings. The molecule has 5 rings (SSSR count). The third-order valence-corrected chi connectivity index (χ3v) is 9.95. The lowest BCUT2D eigenvalue weighted by molar-refractivity contribution is -0.141. The SMILES string of the molecule is COc1ccc(OC2CC(CN(CCc3ccc(F)cc3)C(=O)c3cn4ccccc4n3)N(C(=O)C(NC(=O)C(C)N(C)C(=O)OC(C)(C)C)C(C)(C)C)C2)cc1. The first-order valence-corrected chi connectivity index (χ1v) is 19.2. The fraction of sp³-hybridized carbons (Fsp3) is 0.465. The van der Waals surface area contributed by atoms with Crippen molar-refractivity contribution >= 4 is 29.5 Å². The number of methoxy groups -OCH3 is 1. The van der Waals surface area contributed by atoms with Crippen LogP contribution in [0.15, 0.2) is 79.1 Å². The molecule has 1 aliphatic rings. The molecule has 2 aromatic carbocycles. The average Bonchev–Trinajstić information content (AvgIpc) is 3.78.